The topological polar surface area (TPSA) is 66.4 Å². The van der Waals surface area contributed by atoms with Gasteiger partial charge in [-0.2, -0.15) is 13.2 Å². The van der Waals surface area contributed by atoms with Crippen molar-refractivity contribution in [2.24, 2.45) is 0 Å². The minimum Gasteiger partial charge on any atom is -0.479 e. The van der Waals surface area contributed by atoms with E-state index in [1.807, 2.05) is 0 Å². The zero-order valence-electron chi connectivity index (χ0n) is 10.7. The van der Waals surface area contributed by atoms with Crippen molar-refractivity contribution >= 4 is 33.9 Å². The van der Waals surface area contributed by atoms with E-state index in [-0.39, 0.29) is 0 Å². The van der Waals surface area contributed by atoms with Gasteiger partial charge in [0.2, 0.25) is 11.4 Å². The maximum absolute atomic E-state index is 12.7. The summed E-state index contributed by atoms with van der Waals surface area (Å²) in [7, 11) is 0. The summed E-state index contributed by atoms with van der Waals surface area (Å²) in [5, 5.41) is 10.1. The average Bonchev–Trinajstić information content (AvgIpc) is 2.36. The number of amides is 1. The SMILES string of the molecule is CC(NC(=O)C=Cc1ccc(Br)cc1)(C(=O)O)C(F)(F)F. The molecule has 21 heavy (non-hydrogen) atoms. The Morgan fingerprint density at radius 1 is 1.24 bits per heavy atom. The first-order chi connectivity index (χ1) is 9.56. The molecule has 1 atom stereocenters. The third-order valence-electron chi connectivity index (χ3n) is 2.67. The van der Waals surface area contributed by atoms with Crippen LogP contribution in [-0.4, -0.2) is 28.7 Å². The molecule has 0 aliphatic carbocycles. The van der Waals surface area contributed by atoms with Crippen LogP contribution in [0.3, 0.4) is 0 Å². The molecule has 2 N–H and O–H groups in total. The number of hydrogen-bond acceptors (Lipinski definition) is 2. The third kappa shape index (κ3) is 4.32. The van der Waals surface area contributed by atoms with Crippen LogP contribution in [0, 0.1) is 0 Å². The highest BCUT2D eigenvalue weighted by atomic mass is 79.9. The lowest BCUT2D eigenvalue weighted by molar-refractivity contribution is -0.206. The summed E-state index contributed by atoms with van der Waals surface area (Å²) in [5.41, 5.74) is -2.76. The predicted octanol–water partition coefficient (Wildman–Crippen LogP) is 2.98. The molecule has 1 aromatic rings. The Kier molecular flexibility index (Phi) is 5.16. The molecule has 0 radical (unpaired) electrons. The van der Waals surface area contributed by atoms with Gasteiger partial charge in [-0.05, 0) is 30.7 Å². The number of carbonyl (C=O) groups is 2. The molecule has 0 saturated carbocycles. The van der Waals surface area contributed by atoms with E-state index in [0.717, 1.165) is 10.5 Å². The molecule has 0 bridgehead atoms. The number of halogens is 4. The molecule has 0 saturated heterocycles. The van der Waals surface area contributed by atoms with Gasteiger partial charge in [-0.25, -0.2) is 4.79 Å². The molecule has 1 amide bonds. The Hall–Kier alpha value is -1.83. The lowest BCUT2D eigenvalue weighted by Gasteiger charge is -2.27. The van der Waals surface area contributed by atoms with Crippen LogP contribution >= 0.6 is 15.9 Å². The molecule has 1 aromatic carbocycles. The number of carbonyl (C=O) groups excluding carboxylic acids is 1. The van der Waals surface area contributed by atoms with E-state index in [9.17, 15) is 22.8 Å². The largest absolute Gasteiger partial charge is 0.479 e. The molecule has 8 heteroatoms. The number of aliphatic carboxylic acids is 1. The van der Waals surface area contributed by atoms with Gasteiger partial charge in [0.15, 0.2) is 0 Å². The maximum atomic E-state index is 12.7. The Balaban J connectivity index is 2.85. The van der Waals surface area contributed by atoms with Crippen molar-refractivity contribution in [1.29, 1.82) is 0 Å². The van der Waals surface area contributed by atoms with Crippen molar-refractivity contribution in [2.45, 2.75) is 18.6 Å². The first kappa shape index (κ1) is 17.2. The van der Waals surface area contributed by atoms with Crippen molar-refractivity contribution in [2.75, 3.05) is 0 Å². The normalized spacial score (nSPS) is 14.7. The second kappa shape index (κ2) is 6.30. The highest BCUT2D eigenvalue weighted by Crippen LogP contribution is 2.30. The third-order valence-corrected chi connectivity index (χ3v) is 3.19. The molecule has 0 heterocycles. The van der Waals surface area contributed by atoms with E-state index < -0.39 is 23.6 Å². The van der Waals surface area contributed by atoms with Crippen molar-refractivity contribution in [3.05, 3.63) is 40.4 Å². The Morgan fingerprint density at radius 3 is 2.19 bits per heavy atom. The van der Waals surface area contributed by atoms with Gasteiger partial charge in [-0.1, -0.05) is 28.1 Å². The predicted molar refractivity (Wildman–Crippen MR) is 73.4 cm³/mol. The van der Waals surface area contributed by atoms with Gasteiger partial charge in [0.25, 0.3) is 0 Å². The van der Waals surface area contributed by atoms with Crippen LogP contribution in [0.2, 0.25) is 0 Å². The van der Waals surface area contributed by atoms with E-state index in [4.69, 9.17) is 5.11 Å². The standard InChI is InChI=1S/C13H11BrF3NO3/c1-12(11(20)21,13(15,16)17)18-10(19)7-4-8-2-5-9(14)6-3-8/h2-7H,1H3,(H,18,19)(H,20,21). The van der Waals surface area contributed by atoms with Crippen LogP contribution in [0.1, 0.15) is 12.5 Å². The van der Waals surface area contributed by atoms with Crippen molar-refractivity contribution in [1.82, 2.24) is 5.32 Å². The first-order valence-corrected chi connectivity index (χ1v) is 6.41. The second-order valence-corrected chi connectivity index (χ2v) is 5.22. The zero-order chi connectivity index (χ0) is 16.3. The van der Waals surface area contributed by atoms with E-state index in [0.29, 0.717) is 12.5 Å². The van der Waals surface area contributed by atoms with Crippen LogP contribution in [-0.2, 0) is 9.59 Å². The minimum absolute atomic E-state index is 0.390. The summed E-state index contributed by atoms with van der Waals surface area (Å²) in [5.74, 6) is -3.33. The van der Waals surface area contributed by atoms with Gasteiger partial charge >= 0.3 is 12.1 Å². The molecular weight excluding hydrogens is 355 g/mol. The lowest BCUT2D eigenvalue weighted by Crippen LogP contribution is -2.61. The number of nitrogens with one attached hydrogen (secondary N) is 1. The molecule has 114 valence electrons. The van der Waals surface area contributed by atoms with Gasteiger partial charge in [-0.15, -0.1) is 0 Å². The van der Waals surface area contributed by atoms with Crippen LogP contribution in [0.5, 0.6) is 0 Å². The van der Waals surface area contributed by atoms with Crippen molar-refractivity contribution < 1.29 is 27.9 Å². The van der Waals surface area contributed by atoms with E-state index in [2.05, 4.69) is 15.9 Å². The summed E-state index contributed by atoms with van der Waals surface area (Å²) in [6, 6.07) is 6.64. The summed E-state index contributed by atoms with van der Waals surface area (Å²) in [6.45, 7) is 0.390. The summed E-state index contributed by atoms with van der Waals surface area (Å²) in [4.78, 5) is 22.2. The Morgan fingerprint density at radius 2 is 1.76 bits per heavy atom. The van der Waals surface area contributed by atoms with Gasteiger partial charge in [-0.3, -0.25) is 4.79 Å². The fourth-order valence-corrected chi connectivity index (χ4v) is 1.54. The number of carboxylic acid groups (broad SMARTS) is 1. The summed E-state index contributed by atoms with van der Waals surface area (Å²) in [6.07, 6.45) is -2.99. The molecule has 0 aromatic heterocycles. The van der Waals surface area contributed by atoms with Gasteiger partial charge in [0.1, 0.15) is 0 Å². The molecule has 0 aliphatic heterocycles. The van der Waals surface area contributed by atoms with Crippen LogP contribution in [0.15, 0.2) is 34.8 Å². The van der Waals surface area contributed by atoms with Crippen LogP contribution in [0.25, 0.3) is 6.08 Å². The molecule has 0 fully saturated rings. The van der Waals surface area contributed by atoms with E-state index >= 15 is 0 Å². The second-order valence-electron chi connectivity index (χ2n) is 4.30. The van der Waals surface area contributed by atoms with Gasteiger partial charge < -0.3 is 10.4 Å². The van der Waals surface area contributed by atoms with Gasteiger partial charge in [0, 0.05) is 10.5 Å². The maximum Gasteiger partial charge on any atom is 0.422 e. The molecule has 0 spiro atoms. The quantitative estimate of drug-likeness (QED) is 0.806. The number of rotatable bonds is 4. The van der Waals surface area contributed by atoms with Gasteiger partial charge in [0.05, 0.1) is 0 Å². The molecule has 1 rings (SSSR count). The fraction of sp³-hybridized carbons (Fsp3) is 0.231. The van der Waals surface area contributed by atoms with Crippen molar-refractivity contribution in [3.8, 4) is 0 Å². The molecule has 0 aliphatic rings. The van der Waals surface area contributed by atoms with E-state index in [1.54, 1.807) is 24.3 Å². The summed E-state index contributed by atoms with van der Waals surface area (Å²) >= 11 is 3.21. The lowest BCUT2D eigenvalue weighted by atomic mass is 10.0. The van der Waals surface area contributed by atoms with Crippen LogP contribution in [0.4, 0.5) is 13.2 Å². The number of hydrogen-bond donors (Lipinski definition) is 2. The van der Waals surface area contributed by atoms with E-state index in [1.165, 1.54) is 11.4 Å². The monoisotopic (exact) mass is 365 g/mol. The average molecular weight is 366 g/mol. The minimum atomic E-state index is -5.11. The highest BCUT2D eigenvalue weighted by Gasteiger charge is 2.58. The summed E-state index contributed by atoms with van der Waals surface area (Å²) < 4.78 is 38.9. The smallest absolute Gasteiger partial charge is 0.422 e. The molecule has 1 unspecified atom stereocenters. The zero-order valence-corrected chi connectivity index (χ0v) is 12.3. The van der Waals surface area contributed by atoms with Crippen molar-refractivity contribution in [3.63, 3.8) is 0 Å². The van der Waals surface area contributed by atoms with Crippen LogP contribution < -0.4 is 5.32 Å². The fourth-order valence-electron chi connectivity index (χ4n) is 1.28. The first-order valence-electron chi connectivity index (χ1n) is 5.62. The number of benzene rings is 1. The molecule has 4 nitrogen and oxygen atoms in total. The number of carboxylic acids is 1. The molecular formula is C13H11BrF3NO3. The number of alkyl halides is 3. The highest BCUT2D eigenvalue weighted by molar-refractivity contribution is 9.10. The Bertz CT molecular complexity index is 569. The Labute approximate surface area is 126 Å².